The molecule has 1 fully saturated rings. The molecule has 2 aromatic rings. The highest BCUT2D eigenvalue weighted by molar-refractivity contribution is 5.76. The van der Waals surface area contributed by atoms with Crippen molar-refractivity contribution in [2.24, 2.45) is 0 Å². The van der Waals surface area contributed by atoms with Crippen LogP contribution >= 0.6 is 0 Å². The molecule has 0 radical (unpaired) electrons. The van der Waals surface area contributed by atoms with Gasteiger partial charge in [0.25, 0.3) is 5.88 Å². The van der Waals surface area contributed by atoms with Crippen LogP contribution < -0.4 is 10.1 Å². The van der Waals surface area contributed by atoms with Crippen LogP contribution in [0.25, 0.3) is 0 Å². The number of methoxy groups -OCH3 is 1. The molecule has 134 valence electrons. The minimum Gasteiger partial charge on any atom is -0.479 e. The number of hydrogen-bond donors (Lipinski definition) is 1. The lowest BCUT2D eigenvalue weighted by Crippen LogP contribution is -2.39. The molecule has 2 aromatic heterocycles. The summed E-state index contributed by atoms with van der Waals surface area (Å²) in [6.07, 6.45) is 4.89. The van der Waals surface area contributed by atoms with Crippen LogP contribution in [-0.4, -0.2) is 48.2 Å². The standard InChI is InChI=1S/C18H24N4O3/c1-19-16-10-13(7-8-20-16)14-4-3-9-22(12-14)18(23)6-5-15-11-17(24-2)21-25-15/h7-8,10-11,14H,3-6,9,12H2,1-2H3,(H,19,20)/t14-/m1/s1. The Morgan fingerprint density at radius 3 is 3.12 bits per heavy atom. The number of nitrogens with one attached hydrogen (secondary N) is 1. The Morgan fingerprint density at radius 2 is 2.36 bits per heavy atom. The Bertz CT molecular complexity index is 716. The van der Waals surface area contributed by atoms with Gasteiger partial charge in [0, 0.05) is 51.2 Å². The first-order chi connectivity index (χ1) is 12.2. The third-order valence-corrected chi connectivity index (χ3v) is 4.62. The molecule has 0 bridgehead atoms. The van der Waals surface area contributed by atoms with Gasteiger partial charge in [0.15, 0.2) is 0 Å². The van der Waals surface area contributed by atoms with Gasteiger partial charge in [-0.3, -0.25) is 4.79 Å². The summed E-state index contributed by atoms with van der Waals surface area (Å²) in [7, 11) is 3.40. The van der Waals surface area contributed by atoms with Crippen LogP contribution in [0.5, 0.6) is 5.88 Å². The normalized spacial score (nSPS) is 17.4. The van der Waals surface area contributed by atoms with Gasteiger partial charge in [-0.15, -0.1) is 0 Å². The molecular formula is C18H24N4O3. The SMILES string of the molecule is CNc1cc([C@@H]2CCCN(C(=O)CCc3cc(OC)no3)C2)ccn1. The van der Waals surface area contributed by atoms with Gasteiger partial charge in [-0.2, -0.15) is 0 Å². The number of aryl methyl sites for hydroxylation is 1. The number of rotatable bonds is 6. The number of carbonyl (C=O) groups excluding carboxylic acids is 1. The van der Waals surface area contributed by atoms with Crippen molar-refractivity contribution < 1.29 is 14.1 Å². The molecule has 1 aliphatic heterocycles. The van der Waals surface area contributed by atoms with Crippen LogP contribution in [0.2, 0.25) is 0 Å². The minimum absolute atomic E-state index is 0.156. The summed E-state index contributed by atoms with van der Waals surface area (Å²) < 4.78 is 10.1. The quantitative estimate of drug-likeness (QED) is 0.867. The summed E-state index contributed by atoms with van der Waals surface area (Å²) in [6, 6.07) is 5.84. The van der Waals surface area contributed by atoms with Gasteiger partial charge in [0.05, 0.1) is 7.11 Å². The highest BCUT2D eigenvalue weighted by atomic mass is 16.5. The second-order valence-corrected chi connectivity index (χ2v) is 6.24. The highest BCUT2D eigenvalue weighted by Crippen LogP contribution is 2.28. The summed E-state index contributed by atoms with van der Waals surface area (Å²) in [5.74, 6) is 2.49. The molecule has 1 saturated heterocycles. The molecule has 25 heavy (non-hydrogen) atoms. The number of amides is 1. The maximum absolute atomic E-state index is 12.6. The number of piperidine rings is 1. The van der Waals surface area contributed by atoms with E-state index in [4.69, 9.17) is 9.26 Å². The fraction of sp³-hybridized carbons (Fsp3) is 0.500. The van der Waals surface area contributed by atoms with Gasteiger partial charge >= 0.3 is 0 Å². The molecule has 7 heteroatoms. The minimum atomic E-state index is 0.156. The summed E-state index contributed by atoms with van der Waals surface area (Å²) in [5, 5.41) is 6.83. The van der Waals surface area contributed by atoms with Crippen LogP contribution in [0, 0.1) is 0 Å². The van der Waals surface area contributed by atoms with E-state index < -0.39 is 0 Å². The fourth-order valence-corrected chi connectivity index (χ4v) is 3.21. The Kier molecular flexibility index (Phi) is 5.53. The number of hydrogen-bond acceptors (Lipinski definition) is 6. The Hall–Kier alpha value is -2.57. The van der Waals surface area contributed by atoms with Gasteiger partial charge in [0.1, 0.15) is 11.6 Å². The summed E-state index contributed by atoms with van der Waals surface area (Å²) in [4.78, 5) is 18.8. The van der Waals surface area contributed by atoms with E-state index in [1.165, 1.54) is 5.56 Å². The second kappa shape index (κ2) is 8.00. The van der Waals surface area contributed by atoms with Crippen molar-refractivity contribution in [2.75, 3.05) is 32.6 Å². The summed E-state index contributed by atoms with van der Waals surface area (Å²) >= 11 is 0. The molecule has 0 saturated carbocycles. The molecular weight excluding hydrogens is 320 g/mol. The predicted octanol–water partition coefficient (Wildman–Crippen LogP) is 2.46. The maximum atomic E-state index is 12.6. The van der Waals surface area contributed by atoms with Crippen LogP contribution in [0.15, 0.2) is 28.9 Å². The van der Waals surface area contributed by atoms with Crippen LogP contribution in [0.3, 0.4) is 0 Å². The average Bonchev–Trinajstić information content (AvgIpc) is 3.14. The number of anilines is 1. The van der Waals surface area contributed by atoms with Gasteiger partial charge in [-0.05, 0) is 35.7 Å². The van der Waals surface area contributed by atoms with E-state index in [2.05, 4.69) is 21.5 Å². The third-order valence-electron chi connectivity index (χ3n) is 4.62. The Balaban J connectivity index is 1.57. The first kappa shape index (κ1) is 17.3. The predicted molar refractivity (Wildman–Crippen MR) is 93.7 cm³/mol. The molecule has 1 N–H and O–H groups in total. The zero-order valence-electron chi connectivity index (χ0n) is 14.7. The zero-order chi connectivity index (χ0) is 17.6. The largest absolute Gasteiger partial charge is 0.479 e. The van der Waals surface area contributed by atoms with E-state index >= 15 is 0 Å². The van der Waals surface area contributed by atoms with E-state index in [1.807, 2.05) is 24.2 Å². The monoisotopic (exact) mass is 344 g/mol. The number of carbonyl (C=O) groups is 1. The smallest absolute Gasteiger partial charge is 0.254 e. The Labute approximate surface area is 147 Å². The number of aromatic nitrogens is 2. The molecule has 1 aliphatic rings. The van der Waals surface area contributed by atoms with E-state index in [9.17, 15) is 4.79 Å². The van der Waals surface area contributed by atoms with Gasteiger partial charge < -0.3 is 19.5 Å². The van der Waals surface area contributed by atoms with Gasteiger partial charge in [-0.25, -0.2) is 4.98 Å². The lowest BCUT2D eigenvalue weighted by Gasteiger charge is -2.33. The van der Waals surface area contributed by atoms with Crippen molar-refractivity contribution in [1.29, 1.82) is 0 Å². The molecule has 3 rings (SSSR count). The van der Waals surface area contributed by atoms with E-state index in [1.54, 1.807) is 13.2 Å². The highest BCUT2D eigenvalue weighted by Gasteiger charge is 2.25. The number of likely N-dealkylation sites (tertiary alicyclic amines) is 1. The fourth-order valence-electron chi connectivity index (χ4n) is 3.21. The van der Waals surface area contributed by atoms with Crippen molar-refractivity contribution >= 4 is 11.7 Å². The number of pyridine rings is 1. The molecule has 0 aromatic carbocycles. The van der Waals surface area contributed by atoms with Crippen molar-refractivity contribution in [3.05, 3.63) is 35.7 Å². The molecule has 0 aliphatic carbocycles. The topological polar surface area (TPSA) is 80.5 Å². The number of nitrogens with zero attached hydrogens (tertiary/aromatic N) is 3. The van der Waals surface area contributed by atoms with E-state index in [-0.39, 0.29) is 5.91 Å². The second-order valence-electron chi connectivity index (χ2n) is 6.24. The third kappa shape index (κ3) is 4.29. The molecule has 3 heterocycles. The molecule has 0 spiro atoms. The first-order valence-electron chi connectivity index (χ1n) is 8.60. The average molecular weight is 344 g/mol. The first-order valence-corrected chi connectivity index (χ1v) is 8.60. The maximum Gasteiger partial charge on any atom is 0.254 e. The van der Waals surface area contributed by atoms with Crippen molar-refractivity contribution in [2.45, 2.75) is 31.6 Å². The summed E-state index contributed by atoms with van der Waals surface area (Å²) in [6.45, 7) is 1.57. The molecule has 7 nitrogen and oxygen atoms in total. The Morgan fingerprint density at radius 1 is 1.48 bits per heavy atom. The molecule has 1 amide bonds. The van der Waals surface area contributed by atoms with Crippen LogP contribution in [0.4, 0.5) is 5.82 Å². The van der Waals surface area contributed by atoms with Crippen molar-refractivity contribution in [3.63, 3.8) is 0 Å². The van der Waals surface area contributed by atoms with Crippen LogP contribution in [0.1, 0.15) is 36.5 Å². The van der Waals surface area contributed by atoms with Crippen molar-refractivity contribution in [3.8, 4) is 5.88 Å². The number of ether oxygens (including phenoxy) is 1. The van der Waals surface area contributed by atoms with Crippen LogP contribution in [-0.2, 0) is 11.2 Å². The van der Waals surface area contributed by atoms with Crippen molar-refractivity contribution in [1.82, 2.24) is 15.0 Å². The van der Waals surface area contributed by atoms with Gasteiger partial charge in [-0.1, -0.05) is 0 Å². The lowest BCUT2D eigenvalue weighted by atomic mass is 9.91. The van der Waals surface area contributed by atoms with E-state index in [0.29, 0.717) is 30.4 Å². The van der Waals surface area contributed by atoms with E-state index in [0.717, 1.165) is 31.7 Å². The summed E-state index contributed by atoms with van der Waals surface area (Å²) in [5.41, 5.74) is 1.23. The lowest BCUT2D eigenvalue weighted by molar-refractivity contribution is -0.132. The molecule has 1 atom stereocenters. The van der Waals surface area contributed by atoms with Gasteiger partial charge in [0.2, 0.25) is 5.91 Å². The molecule has 0 unspecified atom stereocenters. The zero-order valence-corrected chi connectivity index (χ0v) is 14.7.